The summed E-state index contributed by atoms with van der Waals surface area (Å²) in [6.45, 7) is 2.36. The average molecular weight is 701 g/mol. The van der Waals surface area contributed by atoms with Crippen LogP contribution in [0.15, 0.2) is 170 Å². The zero-order chi connectivity index (χ0) is 37.5. The number of hydrogen-bond donors (Lipinski definition) is 3. The van der Waals surface area contributed by atoms with Crippen molar-refractivity contribution in [2.75, 3.05) is 0 Å². The molecule has 2 aliphatic rings. The van der Waals surface area contributed by atoms with Crippen LogP contribution in [0.25, 0.3) is 33.6 Å². The number of hydrogen-bond acceptors (Lipinski definition) is 6. The largest absolute Gasteiger partial charge is 0.405 e. The Labute approximate surface area is 317 Å². The van der Waals surface area contributed by atoms with Crippen LogP contribution in [0.4, 0.5) is 0 Å². The van der Waals surface area contributed by atoms with Crippen LogP contribution in [0, 0.1) is 22.7 Å². The van der Waals surface area contributed by atoms with E-state index in [2.05, 4.69) is 139 Å². The fraction of sp³-hybridized carbons (Fsp3) is 0.104. The van der Waals surface area contributed by atoms with Crippen LogP contribution in [-0.2, 0) is 11.8 Å². The maximum atomic E-state index is 9.22. The predicted octanol–water partition coefficient (Wildman–Crippen LogP) is 9.23. The van der Waals surface area contributed by atoms with Crippen molar-refractivity contribution in [2.45, 2.75) is 31.2 Å². The third-order valence-corrected chi connectivity index (χ3v) is 10.3. The van der Waals surface area contributed by atoms with E-state index in [1.54, 1.807) is 18.3 Å². The fourth-order valence-corrected chi connectivity index (χ4v) is 7.57. The molecule has 5 aromatic rings. The second-order valence-electron chi connectivity index (χ2n) is 13.5. The number of nitrogens with zero attached hydrogens (tertiary/aromatic N) is 3. The van der Waals surface area contributed by atoms with Crippen molar-refractivity contribution in [3.63, 3.8) is 0 Å². The Balaban J connectivity index is 1.24. The van der Waals surface area contributed by atoms with Gasteiger partial charge in [-0.2, -0.15) is 10.5 Å². The molecule has 1 atom stereocenters. The third kappa shape index (κ3) is 6.89. The molecule has 7 rings (SSSR count). The van der Waals surface area contributed by atoms with Crippen molar-refractivity contribution >= 4 is 11.4 Å². The van der Waals surface area contributed by atoms with E-state index in [4.69, 9.17) is 16.7 Å². The zero-order valence-corrected chi connectivity index (χ0v) is 30.1. The van der Waals surface area contributed by atoms with Gasteiger partial charge in [0.05, 0.1) is 18.5 Å². The van der Waals surface area contributed by atoms with Crippen LogP contribution in [0.2, 0.25) is 0 Å². The summed E-state index contributed by atoms with van der Waals surface area (Å²) in [5.74, 6) is 0. The number of rotatable bonds is 10. The lowest BCUT2D eigenvalue weighted by Gasteiger charge is -2.31. The van der Waals surface area contributed by atoms with Crippen molar-refractivity contribution in [1.29, 1.82) is 10.5 Å². The van der Waals surface area contributed by atoms with Gasteiger partial charge in [-0.05, 0) is 106 Å². The van der Waals surface area contributed by atoms with Gasteiger partial charge in [-0.3, -0.25) is 0 Å². The molecule has 262 valence electrons. The van der Waals surface area contributed by atoms with E-state index < -0.39 is 0 Å². The van der Waals surface area contributed by atoms with Gasteiger partial charge in [-0.15, -0.1) is 0 Å². The predicted molar refractivity (Wildman–Crippen MR) is 219 cm³/mol. The van der Waals surface area contributed by atoms with Gasteiger partial charge in [0.2, 0.25) is 0 Å². The molecule has 6 nitrogen and oxygen atoms in total. The van der Waals surface area contributed by atoms with Gasteiger partial charge in [0.15, 0.2) is 0 Å². The molecule has 1 aromatic heterocycles. The highest BCUT2D eigenvalue weighted by Gasteiger charge is 2.41. The van der Waals surface area contributed by atoms with Crippen molar-refractivity contribution in [3.05, 3.63) is 209 Å². The van der Waals surface area contributed by atoms with Gasteiger partial charge in [-0.25, -0.2) is 4.98 Å². The first-order valence-corrected chi connectivity index (χ1v) is 18.0. The van der Waals surface area contributed by atoms with Crippen LogP contribution in [-0.4, -0.2) is 11.0 Å². The van der Waals surface area contributed by atoms with Crippen LogP contribution >= 0.6 is 0 Å². The molecular weight excluding hydrogens is 661 g/mol. The SMILES string of the molecule is CC1(c2cc(C/C=C\C=C(/N)c3ccnc(C#N)c3)ccc2-c2ccc(C3=CC=CC(C(/C=C\N)=C/CC#N)N3)cc2)c2ccccc2-c2ccccc21. The number of benzene rings is 4. The molecule has 0 amide bonds. The molecule has 4 aromatic carbocycles. The van der Waals surface area contributed by atoms with E-state index in [1.807, 2.05) is 30.4 Å². The van der Waals surface area contributed by atoms with Gasteiger partial charge in [0.25, 0.3) is 0 Å². The zero-order valence-electron chi connectivity index (χ0n) is 30.1. The molecule has 6 heteroatoms. The van der Waals surface area contributed by atoms with Crippen molar-refractivity contribution in [1.82, 2.24) is 10.3 Å². The molecule has 2 heterocycles. The summed E-state index contributed by atoms with van der Waals surface area (Å²) >= 11 is 0. The lowest BCUT2D eigenvalue weighted by molar-refractivity contribution is 0.714. The van der Waals surface area contributed by atoms with E-state index in [9.17, 15) is 5.26 Å². The lowest BCUT2D eigenvalue weighted by atomic mass is 9.71. The molecule has 0 saturated carbocycles. The van der Waals surface area contributed by atoms with Crippen LogP contribution in [0.5, 0.6) is 0 Å². The summed E-state index contributed by atoms with van der Waals surface area (Å²) in [5.41, 5.74) is 26.2. The summed E-state index contributed by atoms with van der Waals surface area (Å²) < 4.78 is 0. The third-order valence-electron chi connectivity index (χ3n) is 10.3. The molecule has 0 bridgehead atoms. The van der Waals surface area contributed by atoms with E-state index in [0.29, 0.717) is 24.2 Å². The number of nitrogens with two attached hydrogens (primary N) is 2. The molecule has 0 spiro atoms. The van der Waals surface area contributed by atoms with Gasteiger partial charge in [-0.1, -0.05) is 121 Å². The second-order valence-corrected chi connectivity index (χ2v) is 13.5. The molecule has 0 fully saturated rings. The number of allylic oxidation sites excluding steroid dienone is 6. The lowest BCUT2D eigenvalue weighted by Crippen LogP contribution is -2.29. The monoisotopic (exact) mass is 700 g/mol. The normalized spacial score (nSPS) is 16.0. The summed E-state index contributed by atoms with van der Waals surface area (Å²) in [4.78, 5) is 4.04. The average Bonchev–Trinajstić information content (AvgIpc) is 3.49. The van der Waals surface area contributed by atoms with Gasteiger partial charge < -0.3 is 16.8 Å². The first kappa shape index (κ1) is 35.3. The van der Waals surface area contributed by atoms with Gasteiger partial charge in [0.1, 0.15) is 11.8 Å². The second kappa shape index (κ2) is 15.6. The first-order valence-electron chi connectivity index (χ1n) is 18.0. The van der Waals surface area contributed by atoms with E-state index in [0.717, 1.165) is 28.0 Å². The first-order chi connectivity index (χ1) is 26.4. The number of dihydropyridines is 1. The quantitative estimate of drug-likeness (QED) is 0.125. The van der Waals surface area contributed by atoms with Crippen LogP contribution in [0.1, 0.15) is 52.4 Å². The molecule has 54 heavy (non-hydrogen) atoms. The molecule has 5 N–H and O–H groups in total. The summed E-state index contributed by atoms with van der Waals surface area (Å²) in [6, 6.07) is 40.8. The Bertz CT molecular complexity index is 2430. The molecular formula is C48H40N6. The van der Waals surface area contributed by atoms with Crippen molar-refractivity contribution < 1.29 is 0 Å². The van der Waals surface area contributed by atoms with E-state index >= 15 is 0 Å². The summed E-state index contributed by atoms with van der Waals surface area (Å²) in [7, 11) is 0. The summed E-state index contributed by atoms with van der Waals surface area (Å²) in [6.07, 6.45) is 20.0. The van der Waals surface area contributed by atoms with Gasteiger partial charge >= 0.3 is 0 Å². The highest BCUT2D eigenvalue weighted by atomic mass is 14.9. The van der Waals surface area contributed by atoms with E-state index in [1.165, 1.54) is 45.1 Å². The molecule has 1 aliphatic heterocycles. The van der Waals surface area contributed by atoms with Crippen LogP contribution in [0.3, 0.4) is 0 Å². The molecule has 1 aliphatic carbocycles. The Hall–Kier alpha value is -7.15. The molecule has 1 unspecified atom stereocenters. The minimum atomic E-state index is -0.390. The Morgan fingerprint density at radius 1 is 0.870 bits per heavy atom. The van der Waals surface area contributed by atoms with Gasteiger partial charge in [0, 0.05) is 28.6 Å². The Morgan fingerprint density at radius 2 is 1.59 bits per heavy atom. The smallest absolute Gasteiger partial charge is 0.141 e. The number of fused-ring (bicyclic) bond motifs is 3. The van der Waals surface area contributed by atoms with Crippen molar-refractivity contribution in [2.24, 2.45) is 11.5 Å². The fourth-order valence-electron chi connectivity index (χ4n) is 7.57. The number of nitrogens with one attached hydrogen (secondary N) is 1. The highest BCUT2D eigenvalue weighted by molar-refractivity contribution is 5.86. The standard InChI is InChI=1S/C48H40N6/c1-48(42-14-5-3-12-40(42)41-13-4-6-15-43(41)48)44-30-33(10-2-7-16-45(52)37-26-29-53-38(31-37)32-51)19-24-39(44)34-20-22-36(23-21-34)47-18-8-17-46(54-47)35(25-28-50)11-9-27-49/h2-8,11-26,28-31,46,54H,9-10,50,52H2,1H3/b7-2-,28-25-,35-11+,45-16-. The summed E-state index contributed by atoms with van der Waals surface area (Å²) in [5, 5.41) is 22.0. The topological polar surface area (TPSA) is 125 Å². The molecule has 0 radical (unpaired) electrons. The van der Waals surface area contributed by atoms with Crippen molar-refractivity contribution in [3.8, 4) is 34.4 Å². The maximum Gasteiger partial charge on any atom is 0.141 e. The number of pyridine rings is 1. The highest BCUT2D eigenvalue weighted by Crippen LogP contribution is 2.54. The Kier molecular flexibility index (Phi) is 10.2. The number of aromatic nitrogens is 1. The number of nitriles is 2. The molecule has 0 saturated heterocycles. The van der Waals surface area contributed by atoms with E-state index in [-0.39, 0.29) is 11.5 Å². The Morgan fingerprint density at radius 3 is 2.30 bits per heavy atom. The van der Waals surface area contributed by atoms with Crippen LogP contribution < -0.4 is 16.8 Å². The minimum absolute atomic E-state index is 0.0903. The maximum absolute atomic E-state index is 9.22. The minimum Gasteiger partial charge on any atom is -0.405 e.